The van der Waals surface area contributed by atoms with Crippen molar-refractivity contribution in [3.63, 3.8) is 0 Å². The number of nitrogens with two attached hydrogens (primary N) is 1. The molecule has 2 rings (SSSR count). The van der Waals surface area contributed by atoms with E-state index in [0.29, 0.717) is 22.8 Å². The second-order valence-electron chi connectivity index (χ2n) is 2.96. The Morgan fingerprint density at radius 3 is 2.67 bits per heavy atom. The Morgan fingerprint density at radius 2 is 2.07 bits per heavy atom. The number of pyridine rings is 1. The van der Waals surface area contributed by atoms with Crippen LogP contribution < -0.4 is 5.73 Å². The van der Waals surface area contributed by atoms with Gasteiger partial charge in [0.15, 0.2) is 5.82 Å². The number of nitriles is 1. The van der Waals surface area contributed by atoms with Crippen LogP contribution in [-0.2, 0) is 0 Å². The number of anilines is 1. The minimum atomic E-state index is 0.356. The highest BCUT2D eigenvalue weighted by atomic mass is 15.5. The lowest BCUT2D eigenvalue weighted by Gasteiger charge is -2.05. The zero-order chi connectivity index (χ0) is 10.8. The first-order valence-corrected chi connectivity index (χ1v) is 4.26. The zero-order valence-corrected chi connectivity index (χ0v) is 8.05. The lowest BCUT2D eigenvalue weighted by atomic mass is 10.2. The van der Waals surface area contributed by atoms with Gasteiger partial charge in [0.25, 0.3) is 0 Å². The van der Waals surface area contributed by atoms with Gasteiger partial charge in [-0.1, -0.05) is 0 Å². The summed E-state index contributed by atoms with van der Waals surface area (Å²) in [6.07, 6.45) is 3.04. The number of hydrogen-bond donors (Lipinski definition) is 1. The molecule has 0 unspecified atom stereocenters. The number of nitrogen functional groups attached to an aromatic ring is 1. The molecular formula is C9H8N6. The first-order valence-electron chi connectivity index (χ1n) is 4.26. The third kappa shape index (κ3) is 1.50. The van der Waals surface area contributed by atoms with Crippen molar-refractivity contribution in [1.82, 2.24) is 20.0 Å². The van der Waals surface area contributed by atoms with Crippen LogP contribution in [0.5, 0.6) is 0 Å². The van der Waals surface area contributed by atoms with E-state index in [2.05, 4.69) is 15.2 Å². The third-order valence-electron chi connectivity index (χ3n) is 1.96. The predicted molar refractivity (Wildman–Crippen MR) is 53.0 cm³/mol. The van der Waals surface area contributed by atoms with Crippen LogP contribution in [-0.4, -0.2) is 20.0 Å². The number of nitrogens with zero attached hydrogens (tertiary/aromatic N) is 5. The highest BCUT2D eigenvalue weighted by Gasteiger charge is 2.10. The van der Waals surface area contributed by atoms with E-state index >= 15 is 0 Å². The SMILES string of the molecule is Cc1nc(-n2nccn2)c(C#N)cc1N. The molecule has 0 saturated heterocycles. The molecule has 0 saturated carbocycles. The highest BCUT2D eigenvalue weighted by Crippen LogP contribution is 2.15. The normalized spacial score (nSPS) is 9.87. The van der Waals surface area contributed by atoms with Gasteiger partial charge < -0.3 is 5.73 Å². The van der Waals surface area contributed by atoms with E-state index in [-0.39, 0.29) is 0 Å². The fourth-order valence-corrected chi connectivity index (χ4v) is 1.17. The van der Waals surface area contributed by atoms with E-state index in [0.717, 1.165) is 0 Å². The number of aromatic nitrogens is 4. The summed E-state index contributed by atoms with van der Waals surface area (Å²) in [7, 11) is 0. The number of rotatable bonds is 1. The average Bonchev–Trinajstić information content (AvgIpc) is 2.74. The largest absolute Gasteiger partial charge is 0.397 e. The van der Waals surface area contributed by atoms with Crippen LogP contribution in [0.15, 0.2) is 18.5 Å². The fraction of sp³-hybridized carbons (Fsp3) is 0.111. The standard InChI is InChI=1S/C9H8N6/c1-6-8(11)4-7(5-10)9(14-6)15-12-2-3-13-15/h2-4H,11H2,1H3. The van der Waals surface area contributed by atoms with Crippen molar-refractivity contribution in [1.29, 1.82) is 5.26 Å². The van der Waals surface area contributed by atoms with Gasteiger partial charge in [-0.3, -0.25) is 0 Å². The lowest BCUT2D eigenvalue weighted by molar-refractivity contribution is 0.724. The summed E-state index contributed by atoms with van der Waals surface area (Å²) in [5.74, 6) is 0.397. The van der Waals surface area contributed by atoms with Crippen molar-refractivity contribution < 1.29 is 0 Å². The molecular weight excluding hydrogens is 192 g/mol. The van der Waals surface area contributed by atoms with E-state index in [9.17, 15) is 0 Å². The fourth-order valence-electron chi connectivity index (χ4n) is 1.17. The summed E-state index contributed by atoms with van der Waals surface area (Å²) >= 11 is 0. The molecule has 2 aromatic heterocycles. The third-order valence-corrected chi connectivity index (χ3v) is 1.96. The topological polar surface area (TPSA) is 93.4 Å². The van der Waals surface area contributed by atoms with Crippen LogP contribution in [0.1, 0.15) is 11.3 Å². The molecule has 2 N–H and O–H groups in total. The molecule has 0 bridgehead atoms. The predicted octanol–water partition coefficient (Wildman–Crippen LogP) is 0.425. The average molecular weight is 200 g/mol. The summed E-state index contributed by atoms with van der Waals surface area (Å²) in [5.41, 5.74) is 7.15. The Hall–Kier alpha value is -2.42. The van der Waals surface area contributed by atoms with Crippen molar-refractivity contribution in [3.05, 3.63) is 29.7 Å². The molecule has 0 aliphatic rings. The Morgan fingerprint density at radius 1 is 1.40 bits per heavy atom. The van der Waals surface area contributed by atoms with E-state index in [1.807, 2.05) is 6.07 Å². The maximum atomic E-state index is 8.92. The van der Waals surface area contributed by atoms with Gasteiger partial charge in [0.1, 0.15) is 11.6 Å². The van der Waals surface area contributed by atoms with E-state index in [1.54, 1.807) is 13.0 Å². The van der Waals surface area contributed by atoms with Gasteiger partial charge in [-0.2, -0.15) is 15.5 Å². The molecule has 74 valence electrons. The van der Waals surface area contributed by atoms with Crippen LogP contribution >= 0.6 is 0 Å². The molecule has 0 fully saturated rings. The van der Waals surface area contributed by atoms with E-state index in [1.165, 1.54) is 17.2 Å². The molecule has 15 heavy (non-hydrogen) atoms. The van der Waals surface area contributed by atoms with Gasteiger partial charge in [0, 0.05) is 0 Å². The lowest BCUT2D eigenvalue weighted by Crippen LogP contribution is -2.07. The molecule has 0 spiro atoms. The number of aryl methyl sites for hydroxylation is 1. The van der Waals surface area contributed by atoms with Crippen molar-refractivity contribution in [2.45, 2.75) is 6.92 Å². The van der Waals surface area contributed by atoms with Gasteiger partial charge in [-0.05, 0) is 13.0 Å². The second-order valence-corrected chi connectivity index (χ2v) is 2.96. The summed E-state index contributed by atoms with van der Waals surface area (Å²) in [6.45, 7) is 1.77. The Labute approximate surface area is 86.0 Å². The van der Waals surface area contributed by atoms with Crippen molar-refractivity contribution >= 4 is 5.69 Å². The Bertz CT molecular complexity index is 522. The second kappa shape index (κ2) is 3.38. The van der Waals surface area contributed by atoms with Crippen LogP contribution in [0.25, 0.3) is 5.82 Å². The van der Waals surface area contributed by atoms with Gasteiger partial charge >= 0.3 is 0 Å². The van der Waals surface area contributed by atoms with Crippen LogP contribution in [0.3, 0.4) is 0 Å². The van der Waals surface area contributed by atoms with E-state index < -0.39 is 0 Å². The summed E-state index contributed by atoms with van der Waals surface area (Å²) in [5, 5.41) is 16.8. The highest BCUT2D eigenvalue weighted by molar-refractivity contribution is 5.54. The van der Waals surface area contributed by atoms with E-state index in [4.69, 9.17) is 11.0 Å². The quantitative estimate of drug-likeness (QED) is 0.720. The maximum Gasteiger partial charge on any atom is 0.192 e. The maximum absolute atomic E-state index is 8.92. The Balaban J connectivity index is 2.67. The molecule has 0 atom stereocenters. The molecule has 2 heterocycles. The molecule has 0 amide bonds. The van der Waals surface area contributed by atoms with Gasteiger partial charge in [-0.15, -0.1) is 4.80 Å². The molecule has 0 aliphatic heterocycles. The van der Waals surface area contributed by atoms with Gasteiger partial charge in [0.05, 0.1) is 23.8 Å². The smallest absolute Gasteiger partial charge is 0.192 e. The first-order chi connectivity index (χ1) is 7.22. The molecule has 0 radical (unpaired) electrons. The van der Waals surface area contributed by atoms with Crippen LogP contribution in [0.4, 0.5) is 5.69 Å². The molecule has 6 heteroatoms. The molecule has 2 aromatic rings. The van der Waals surface area contributed by atoms with Gasteiger partial charge in [0.2, 0.25) is 0 Å². The molecule has 0 aromatic carbocycles. The minimum absolute atomic E-state index is 0.356. The number of hydrogen-bond acceptors (Lipinski definition) is 5. The monoisotopic (exact) mass is 200 g/mol. The van der Waals surface area contributed by atoms with Gasteiger partial charge in [-0.25, -0.2) is 4.98 Å². The minimum Gasteiger partial charge on any atom is -0.397 e. The summed E-state index contributed by atoms with van der Waals surface area (Å²) in [4.78, 5) is 5.47. The van der Waals surface area contributed by atoms with Crippen molar-refractivity contribution in [3.8, 4) is 11.9 Å². The molecule has 0 aliphatic carbocycles. The first kappa shape index (κ1) is 9.15. The summed E-state index contributed by atoms with van der Waals surface area (Å²) in [6, 6.07) is 3.58. The Kier molecular flexibility index (Phi) is 2.06. The van der Waals surface area contributed by atoms with Crippen LogP contribution in [0.2, 0.25) is 0 Å². The zero-order valence-electron chi connectivity index (χ0n) is 8.05. The summed E-state index contributed by atoms with van der Waals surface area (Å²) < 4.78 is 0. The van der Waals surface area contributed by atoms with Crippen LogP contribution in [0, 0.1) is 18.3 Å². The molecule has 6 nitrogen and oxygen atoms in total. The van der Waals surface area contributed by atoms with Crippen molar-refractivity contribution in [2.75, 3.05) is 5.73 Å². The van der Waals surface area contributed by atoms with Crippen molar-refractivity contribution in [2.24, 2.45) is 0 Å².